The van der Waals surface area contributed by atoms with Crippen molar-refractivity contribution in [3.8, 4) is 0 Å². The third-order valence-corrected chi connectivity index (χ3v) is 4.47. The quantitative estimate of drug-likeness (QED) is 0.338. The third-order valence-electron chi connectivity index (χ3n) is 4.25. The molecule has 2 atom stereocenters. The minimum Gasteiger partial charge on any atom is -0.393 e. The molecule has 22 heavy (non-hydrogen) atoms. The number of thiol groups is 1. The molecule has 3 nitrogen and oxygen atoms in total. The average Bonchev–Trinajstić information content (AvgIpc) is 2.46. The molecule has 0 heterocycles. The zero-order chi connectivity index (χ0) is 16.8. The van der Waals surface area contributed by atoms with Crippen molar-refractivity contribution in [2.75, 3.05) is 0 Å². The third kappa shape index (κ3) is 13.3. The molecule has 0 radical (unpaired) electrons. The molecule has 0 amide bonds. The number of Topliss-reactive ketones (excluding diaryl/α,β-unsaturated/α-hetero) is 1. The second kappa shape index (κ2) is 14.3. The number of hydrogen-bond donors (Lipinski definition) is 2. The Balaban J connectivity index is 3.73. The largest absolute Gasteiger partial charge is 0.393 e. The maximum Gasteiger partial charge on any atom is 0.185 e. The normalized spacial score (nSPS) is 13.8. The first-order valence-corrected chi connectivity index (χ1v) is 9.32. The van der Waals surface area contributed by atoms with Gasteiger partial charge < -0.3 is 5.11 Å². The number of rotatable bonds is 15. The van der Waals surface area contributed by atoms with Crippen LogP contribution in [0.1, 0.15) is 90.9 Å². The topological polar surface area (TPSA) is 54.4 Å². The molecule has 0 aromatic carbocycles. The van der Waals surface area contributed by atoms with Crippen LogP contribution < -0.4 is 0 Å². The van der Waals surface area contributed by atoms with Crippen LogP contribution in [0.3, 0.4) is 0 Å². The molecule has 0 spiro atoms. The van der Waals surface area contributed by atoms with Gasteiger partial charge in [-0.25, -0.2) is 0 Å². The fourth-order valence-corrected chi connectivity index (χ4v) is 2.91. The number of aliphatic hydroxyl groups is 1. The van der Waals surface area contributed by atoms with Gasteiger partial charge in [-0.1, -0.05) is 45.4 Å². The SMILES string of the molecule is CCCCC(O)CCCC(CCCCCCC(=O)S)C(C)=O. The first-order valence-electron chi connectivity index (χ1n) is 8.87. The summed E-state index contributed by atoms with van der Waals surface area (Å²) in [5.74, 6) is 0.415. The monoisotopic (exact) mass is 330 g/mol. The molecular formula is C18H34O3S. The Morgan fingerprint density at radius 3 is 2.09 bits per heavy atom. The Labute approximate surface area is 141 Å². The van der Waals surface area contributed by atoms with E-state index in [0.717, 1.165) is 70.6 Å². The Morgan fingerprint density at radius 1 is 0.909 bits per heavy atom. The lowest BCUT2D eigenvalue weighted by Crippen LogP contribution is -2.13. The van der Waals surface area contributed by atoms with Gasteiger partial charge in [-0.15, -0.1) is 12.6 Å². The standard InChI is InChI=1S/C18H34O3S/c1-3-4-12-17(20)13-9-11-16(15(2)19)10-7-5-6-8-14-18(21)22/h16-17,20H,3-14H2,1-2H3,(H,21,22). The highest BCUT2D eigenvalue weighted by Crippen LogP contribution is 2.20. The van der Waals surface area contributed by atoms with E-state index in [1.807, 2.05) is 0 Å². The molecule has 0 aliphatic rings. The maximum atomic E-state index is 11.7. The van der Waals surface area contributed by atoms with Gasteiger partial charge in [0.1, 0.15) is 5.78 Å². The molecule has 130 valence electrons. The summed E-state index contributed by atoms with van der Waals surface area (Å²) in [7, 11) is 0. The van der Waals surface area contributed by atoms with Crippen LogP contribution in [0.5, 0.6) is 0 Å². The smallest absolute Gasteiger partial charge is 0.185 e. The van der Waals surface area contributed by atoms with Crippen molar-refractivity contribution in [2.45, 2.75) is 97.0 Å². The fraction of sp³-hybridized carbons (Fsp3) is 0.889. The van der Waals surface area contributed by atoms with E-state index in [-0.39, 0.29) is 22.9 Å². The van der Waals surface area contributed by atoms with E-state index in [9.17, 15) is 14.7 Å². The van der Waals surface area contributed by atoms with Crippen LogP contribution in [0.25, 0.3) is 0 Å². The molecule has 2 unspecified atom stereocenters. The van der Waals surface area contributed by atoms with Crippen LogP contribution >= 0.6 is 12.6 Å². The molecule has 4 heteroatoms. The zero-order valence-electron chi connectivity index (χ0n) is 14.4. The first kappa shape index (κ1) is 21.6. The predicted octanol–water partition coefficient (Wildman–Crippen LogP) is 4.71. The molecule has 0 aromatic rings. The second-order valence-corrected chi connectivity index (χ2v) is 6.88. The Kier molecular flexibility index (Phi) is 14.0. The number of hydrogen-bond acceptors (Lipinski definition) is 3. The van der Waals surface area contributed by atoms with Crippen molar-refractivity contribution >= 4 is 23.5 Å². The molecule has 0 saturated carbocycles. The summed E-state index contributed by atoms with van der Waals surface area (Å²) in [6.07, 6.45) is 11.1. The van der Waals surface area contributed by atoms with Crippen molar-refractivity contribution in [3.63, 3.8) is 0 Å². The van der Waals surface area contributed by atoms with Crippen molar-refractivity contribution in [2.24, 2.45) is 5.92 Å². The number of carbonyl (C=O) groups is 2. The van der Waals surface area contributed by atoms with Crippen molar-refractivity contribution < 1.29 is 14.7 Å². The molecule has 0 aliphatic heterocycles. The van der Waals surface area contributed by atoms with E-state index in [0.29, 0.717) is 6.42 Å². The van der Waals surface area contributed by atoms with Crippen LogP contribution in [-0.4, -0.2) is 22.1 Å². The maximum absolute atomic E-state index is 11.7. The van der Waals surface area contributed by atoms with Crippen LogP contribution in [0.2, 0.25) is 0 Å². The van der Waals surface area contributed by atoms with Gasteiger partial charge in [-0.05, 0) is 39.0 Å². The van der Waals surface area contributed by atoms with Crippen LogP contribution in [0, 0.1) is 5.92 Å². The van der Waals surface area contributed by atoms with E-state index < -0.39 is 0 Å². The molecule has 0 bridgehead atoms. The Bertz CT molecular complexity index is 305. The van der Waals surface area contributed by atoms with Crippen LogP contribution in [-0.2, 0) is 9.59 Å². The minimum absolute atomic E-state index is 0.0387. The highest BCUT2D eigenvalue weighted by atomic mass is 32.1. The number of unbranched alkanes of at least 4 members (excludes halogenated alkanes) is 4. The van der Waals surface area contributed by atoms with Gasteiger partial charge in [-0.2, -0.15) is 0 Å². The zero-order valence-corrected chi connectivity index (χ0v) is 15.2. The lowest BCUT2D eigenvalue weighted by molar-refractivity contribution is -0.121. The first-order chi connectivity index (χ1) is 10.5. The number of aliphatic hydroxyl groups excluding tert-OH is 1. The molecule has 1 N–H and O–H groups in total. The number of carbonyl (C=O) groups excluding carboxylic acids is 2. The summed E-state index contributed by atoms with van der Waals surface area (Å²) in [5.41, 5.74) is 0. The molecule has 0 fully saturated rings. The molecule has 0 rings (SSSR count). The molecule has 0 saturated heterocycles. The summed E-state index contributed by atoms with van der Waals surface area (Å²) in [6.45, 7) is 3.81. The highest BCUT2D eigenvalue weighted by Gasteiger charge is 2.14. The molecular weight excluding hydrogens is 296 g/mol. The van der Waals surface area contributed by atoms with Gasteiger partial charge >= 0.3 is 0 Å². The minimum atomic E-state index is -0.202. The second-order valence-electron chi connectivity index (χ2n) is 6.38. The number of ketones is 1. The van der Waals surface area contributed by atoms with Gasteiger partial charge in [-0.3, -0.25) is 9.59 Å². The molecule has 0 aromatic heterocycles. The van der Waals surface area contributed by atoms with Crippen LogP contribution in [0.4, 0.5) is 0 Å². The van der Waals surface area contributed by atoms with Crippen molar-refractivity contribution in [1.82, 2.24) is 0 Å². The Morgan fingerprint density at radius 2 is 1.50 bits per heavy atom. The van der Waals surface area contributed by atoms with Gasteiger partial charge in [0.15, 0.2) is 5.12 Å². The highest BCUT2D eigenvalue weighted by molar-refractivity contribution is 7.96. The van der Waals surface area contributed by atoms with E-state index in [1.165, 1.54) is 0 Å². The van der Waals surface area contributed by atoms with Gasteiger partial charge in [0.25, 0.3) is 0 Å². The summed E-state index contributed by atoms with van der Waals surface area (Å²) < 4.78 is 0. The summed E-state index contributed by atoms with van der Waals surface area (Å²) in [6, 6.07) is 0. The summed E-state index contributed by atoms with van der Waals surface area (Å²) in [4.78, 5) is 22.4. The predicted molar refractivity (Wildman–Crippen MR) is 95.2 cm³/mol. The van der Waals surface area contributed by atoms with Gasteiger partial charge in [0.2, 0.25) is 0 Å². The van der Waals surface area contributed by atoms with Crippen LogP contribution in [0.15, 0.2) is 0 Å². The van der Waals surface area contributed by atoms with E-state index >= 15 is 0 Å². The summed E-state index contributed by atoms with van der Waals surface area (Å²) >= 11 is 3.75. The van der Waals surface area contributed by atoms with E-state index in [1.54, 1.807) is 6.92 Å². The van der Waals surface area contributed by atoms with Crippen molar-refractivity contribution in [3.05, 3.63) is 0 Å². The summed E-state index contributed by atoms with van der Waals surface area (Å²) in [5, 5.41) is 9.79. The average molecular weight is 331 g/mol. The fourth-order valence-electron chi connectivity index (χ4n) is 2.76. The van der Waals surface area contributed by atoms with Crippen molar-refractivity contribution in [1.29, 1.82) is 0 Å². The van der Waals surface area contributed by atoms with E-state index in [4.69, 9.17) is 0 Å². The molecule has 0 aliphatic carbocycles. The lowest BCUT2D eigenvalue weighted by Gasteiger charge is -2.15. The van der Waals surface area contributed by atoms with E-state index in [2.05, 4.69) is 19.6 Å². The van der Waals surface area contributed by atoms with Gasteiger partial charge in [0.05, 0.1) is 6.10 Å². The lowest BCUT2D eigenvalue weighted by atomic mass is 9.91. The van der Waals surface area contributed by atoms with Gasteiger partial charge in [0, 0.05) is 12.3 Å². The Hall–Kier alpha value is -0.350.